The van der Waals surface area contributed by atoms with Crippen LogP contribution in [-0.4, -0.2) is 38.3 Å². The van der Waals surface area contributed by atoms with Crippen molar-refractivity contribution in [2.24, 2.45) is 0 Å². The van der Waals surface area contributed by atoms with Crippen LogP contribution in [0.4, 0.5) is 0 Å². The highest BCUT2D eigenvalue weighted by Crippen LogP contribution is 2.01. The minimum atomic E-state index is 0.111. The lowest BCUT2D eigenvalue weighted by Crippen LogP contribution is -2.45. The number of rotatable bonds is 6. The van der Waals surface area contributed by atoms with E-state index in [0.717, 1.165) is 39.0 Å². The molecule has 0 bridgehead atoms. The molecule has 1 aliphatic rings. The molecule has 0 aromatic rings. The van der Waals surface area contributed by atoms with Crippen LogP contribution in [0.5, 0.6) is 0 Å². The Morgan fingerprint density at radius 1 is 1.53 bits per heavy atom. The Kier molecular flexibility index (Phi) is 6.36. The monoisotopic (exact) mass is 214 g/mol. The summed E-state index contributed by atoms with van der Waals surface area (Å²) < 4.78 is 5.27. The maximum atomic E-state index is 11.5. The third-order valence-corrected chi connectivity index (χ3v) is 2.48. The minimum Gasteiger partial charge on any atom is -0.381 e. The van der Waals surface area contributed by atoms with E-state index in [2.05, 4.69) is 17.6 Å². The molecule has 0 aromatic carbocycles. The van der Waals surface area contributed by atoms with E-state index in [1.54, 1.807) is 0 Å². The van der Waals surface area contributed by atoms with Gasteiger partial charge in [-0.1, -0.05) is 6.92 Å². The fourth-order valence-corrected chi connectivity index (χ4v) is 1.69. The van der Waals surface area contributed by atoms with Gasteiger partial charge in [-0.3, -0.25) is 4.79 Å². The zero-order valence-corrected chi connectivity index (χ0v) is 9.55. The van der Waals surface area contributed by atoms with Crippen LogP contribution in [0.1, 0.15) is 32.6 Å². The maximum Gasteiger partial charge on any atom is 0.222 e. The van der Waals surface area contributed by atoms with Gasteiger partial charge in [0.15, 0.2) is 0 Å². The van der Waals surface area contributed by atoms with Crippen LogP contribution >= 0.6 is 0 Å². The van der Waals surface area contributed by atoms with E-state index in [1.165, 1.54) is 0 Å². The quantitative estimate of drug-likeness (QED) is 0.639. The maximum absolute atomic E-state index is 11.5. The molecular weight excluding hydrogens is 192 g/mol. The molecule has 2 N–H and O–H groups in total. The van der Waals surface area contributed by atoms with Gasteiger partial charge in [0.05, 0.1) is 6.61 Å². The Morgan fingerprint density at radius 3 is 3.07 bits per heavy atom. The first-order valence-electron chi connectivity index (χ1n) is 5.90. The second-order valence-electron chi connectivity index (χ2n) is 3.97. The molecule has 1 atom stereocenters. The number of carbonyl (C=O) groups excluding carboxylic acids is 1. The van der Waals surface area contributed by atoms with Crippen LogP contribution in [0.15, 0.2) is 0 Å². The first-order chi connectivity index (χ1) is 7.33. The second-order valence-corrected chi connectivity index (χ2v) is 3.97. The van der Waals surface area contributed by atoms with Gasteiger partial charge in [0.25, 0.3) is 0 Å². The van der Waals surface area contributed by atoms with E-state index in [4.69, 9.17) is 4.74 Å². The molecule has 1 amide bonds. The lowest BCUT2D eigenvalue weighted by Gasteiger charge is -2.23. The van der Waals surface area contributed by atoms with E-state index < -0.39 is 0 Å². The van der Waals surface area contributed by atoms with Crippen molar-refractivity contribution < 1.29 is 9.53 Å². The normalized spacial score (nSPS) is 21.3. The summed E-state index contributed by atoms with van der Waals surface area (Å²) in [4.78, 5) is 11.5. The molecule has 0 aliphatic carbocycles. The summed E-state index contributed by atoms with van der Waals surface area (Å²) in [6.45, 7) is 5.33. The van der Waals surface area contributed by atoms with Crippen molar-refractivity contribution in [2.45, 2.75) is 38.6 Å². The van der Waals surface area contributed by atoms with E-state index in [0.29, 0.717) is 19.1 Å². The molecular formula is C11H22N2O2. The predicted molar refractivity (Wildman–Crippen MR) is 59.8 cm³/mol. The summed E-state index contributed by atoms with van der Waals surface area (Å²) in [6.07, 6.45) is 3.73. The van der Waals surface area contributed by atoms with Crippen LogP contribution in [0.25, 0.3) is 0 Å². The van der Waals surface area contributed by atoms with Crippen LogP contribution in [0.2, 0.25) is 0 Å². The van der Waals surface area contributed by atoms with Crippen molar-refractivity contribution >= 4 is 5.91 Å². The van der Waals surface area contributed by atoms with Crippen LogP contribution in [-0.2, 0) is 9.53 Å². The first-order valence-corrected chi connectivity index (χ1v) is 5.90. The third-order valence-electron chi connectivity index (χ3n) is 2.48. The molecule has 1 rings (SSSR count). The van der Waals surface area contributed by atoms with Gasteiger partial charge < -0.3 is 15.4 Å². The highest BCUT2D eigenvalue weighted by molar-refractivity contribution is 5.76. The highest BCUT2D eigenvalue weighted by Gasteiger charge is 2.14. The zero-order valence-electron chi connectivity index (χ0n) is 9.55. The fraction of sp³-hybridized carbons (Fsp3) is 0.909. The van der Waals surface area contributed by atoms with E-state index in [-0.39, 0.29) is 5.91 Å². The number of piperidine rings is 1. The molecule has 1 saturated heterocycles. The lowest BCUT2D eigenvalue weighted by molar-refractivity contribution is -0.123. The van der Waals surface area contributed by atoms with E-state index >= 15 is 0 Å². The summed E-state index contributed by atoms with van der Waals surface area (Å²) in [5.41, 5.74) is 0. The summed E-state index contributed by atoms with van der Waals surface area (Å²) in [7, 11) is 0. The zero-order chi connectivity index (χ0) is 10.9. The molecule has 0 radical (unpaired) electrons. The molecule has 0 spiro atoms. The van der Waals surface area contributed by atoms with Crippen molar-refractivity contribution in [3.8, 4) is 0 Å². The van der Waals surface area contributed by atoms with Crippen LogP contribution in [0, 0.1) is 0 Å². The summed E-state index contributed by atoms with van der Waals surface area (Å²) in [5.74, 6) is 0.111. The van der Waals surface area contributed by atoms with Crippen LogP contribution in [0.3, 0.4) is 0 Å². The van der Waals surface area contributed by atoms with E-state index in [9.17, 15) is 4.79 Å². The average molecular weight is 214 g/mol. The molecule has 4 nitrogen and oxygen atoms in total. The highest BCUT2D eigenvalue weighted by atomic mass is 16.5. The van der Waals surface area contributed by atoms with Gasteiger partial charge in [0.1, 0.15) is 0 Å². The topological polar surface area (TPSA) is 50.4 Å². The lowest BCUT2D eigenvalue weighted by atomic mass is 10.1. The van der Waals surface area contributed by atoms with Crippen molar-refractivity contribution in [3.63, 3.8) is 0 Å². The van der Waals surface area contributed by atoms with Crippen LogP contribution < -0.4 is 10.6 Å². The third kappa shape index (κ3) is 5.74. The Labute approximate surface area is 91.8 Å². The fourth-order valence-electron chi connectivity index (χ4n) is 1.69. The number of hydrogen-bond donors (Lipinski definition) is 2. The number of nitrogens with one attached hydrogen (secondary N) is 2. The van der Waals surface area contributed by atoms with Gasteiger partial charge in [0.2, 0.25) is 5.91 Å². The molecule has 4 heteroatoms. The van der Waals surface area contributed by atoms with Gasteiger partial charge in [0, 0.05) is 25.6 Å². The van der Waals surface area contributed by atoms with Gasteiger partial charge in [-0.2, -0.15) is 0 Å². The minimum absolute atomic E-state index is 0.111. The van der Waals surface area contributed by atoms with Crippen molar-refractivity contribution in [2.75, 3.05) is 26.3 Å². The molecule has 15 heavy (non-hydrogen) atoms. The predicted octanol–water partition coefficient (Wildman–Crippen LogP) is 0.671. The molecule has 0 aromatic heterocycles. The summed E-state index contributed by atoms with van der Waals surface area (Å²) in [5, 5.41) is 6.28. The Balaban J connectivity index is 2.01. The Morgan fingerprint density at radius 2 is 2.40 bits per heavy atom. The Bertz CT molecular complexity index is 179. The molecule has 0 unspecified atom stereocenters. The van der Waals surface area contributed by atoms with Gasteiger partial charge in [-0.15, -0.1) is 0 Å². The standard InChI is InChI=1S/C11H22N2O2/c1-2-7-15-8-5-11(14)13-10-4-3-6-12-9-10/h10,12H,2-9H2,1H3,(H,13,14)/t10-/m0/s1. The number of carbonyl (C=O) groups is 1. The summed E-state index contributed by atoms with van der Waals surface area (Å²) in [6, 6.07) is 0.317. The Hall–Kier alpha value is -0.610. The number of hydrogen-bond acceptors (Lipinski definition) is 3. The molecule has 1 fully saturated rings. The first kappa shape index (κ1) is 12.5. The molecule has 0 saturated carbocycles. The van der Waals surface area contributed by atoms with Crippen molar-refractivity contribution in [1.82, 2.24) is 10.6 Å². The smallest absolute Gasteiger partial charge is 0.222 e. The molecule has 88 valence electrons. The van der Waals surface area contributed by atoms with Crippen molar-refractivity contribution in [1.29, 1.82) is 0 Å². The largest absolute Gasteiger partial charge is 0.381 e. The summed E-state index contributed by atoms with van der Waals surface area (Å²) >= 11 is 0. The van der Waals surface area contributed by atoms with Gasteiger partial charge in [-0.25, -0.2) is 0 Å². The average Bonchev–Trinajstić information content (AvgIpc) is 2.26. The SMILES string of the molecule is CCCOCCC(=O)N[C@H]1CCCNC1. The number of amides is 1. The number of ether oxygens (including phenoxy) is 1. The van der Waals surface area contributed by atoms with Gasteiger partial charge in [-0.05, 0) is 25.8 Å². The molecule has 1 heterocycles. The molecule has 1 aliphatic heterocycles. The van der Waals surface area contributed by atoms with Gasteiger partial charge >= 0.3 is 0 Å². The second kappa shape index (κ2) is 7.65. The van der Waals surface area contributed by atoms with Crippen molar-refractivity contribution in [3.05, 3.63) is 0 Å². The van der Waals surface area contributed by atoms with E-state index in [1.807, 2.05) is 0 Å².